The number of nitrogens with zero attached hydrogens (tertiary/aromatic N) is 3. The number of aliphatic hydroxyl groups is 1. The normalized spacial score (nSPS) is 30.6. The topological polar surface area (TPSA) is 91.5 Å². The van der Waals surface area contributed by atoms with Crippen LogP contribution in [-0.2, 0) is 4.79 Å². The fraction of sp³-hybridized carbons (Fsp3) is 0.727. The first-order chi connectivity index (χ1) is 8.64. The van der Waals surface area contributed by atoms with Crippen LogP contribution in [0.4, 0.5) is 0 Å². The Hall–Kier alpha value is -1.47. The quantitative estimate of drug-likeness (QED) is 0.702. The summed E-state index contributed by atoms with van der Waals surface area (Å²) in [6, 6.07) is -0.548. The van der Waals surface area contributed by atoms with Crippen LogP contribution >= 0.6 is 0 Å². The minimum absolute atomic E-state index is 0.0177. The lowest BCUT2D eigenvalue weighted by atomic mass is 9.84. The molecule has 0 saturated carbocycles. The Bertz CT molecular complexity index is 439. The number of hydrogen-bond donors (Lipinski definition) is 2. The van der Waals surface area contributed by atoms with Crippen LogP contribution in [0.2, 0.25) is 0 Å². The third-order valence-electron chi connectivity index (χ3n) is 3.78. The summed E-state index contributed by atoms with van der Waals surface area (Å²) in [5.74, 6) is 0.301. The molecule has 3 rings (SSSR count). The molecule has 2 saturated heterocycles. The number of amides is 1. The highest BCUT2D eigenvalue weighted by Gasteiger charge is 2.56. The van der Waals surface area contributed by atoms with Crippen molar-refractivity contribution in [3.63, 3.8) is 0 Å². The number of carbonyl (C=O) groups is 1. The van der Waals surface area contributed by atoms with E-state index in [0.29, 0.717) is 6.54 Å². The molecule has 2 N–H and O–H groups in total. The van der Waals surface area contributed by atoms with Gasteiger partial charge in [-0.25, -0.2) is 0 Å². The van der Waals surface area contributed by atoms with Crippen molar-refractivity contribution in [3.05, 3.63) is 12.3 Å². The minimum atomic E-state index is -0.742. The average Bonchev–Trinajstić information content (AvgIpc) is 2.99. The highest BCUT2D eigenvalue weighted by atomic mass is 16.4. The first-order valence-corrected chi connectivity index (χ1v) is 6.14. The fourth-order valence-electron chi connectivity index (χ4n) is 2.87. The van der Waals surface area contributed by atoms with Gasteiger partial charge in [-0.2, -0.15) is 0 Å². The summed E-state index contributed by atoms with van der Waals surface area (Å²) in [5, 5.41) is 20.5. The molecule has 7 heteroatoms. The van der Waals surface area contributed by atoms with Gasteiger partial charge in [-0.1, -0.05) is 0 Å². The van der Waals surface area contributed by atoms with Gasteiger partial charge in [0.25, 0.3) is 0 Å². The van der Waals surface area contributed by atoms with Gasteiger partial charge in [0.1, 0.15) is 11.6 Å². The summed E-state index contributed by atoms with van der Waals surface area (Å²) in [7, 11) is 0. The molecule has 3 heterocycles. The molecule has 7 nitrogen and oxygen atoms in total. The Balaban J connectivity index is 1.80. The molecule has 2 aliphatic rings. The van der Waals surface area contributed by atoms with Crippen molar-refractivity contribution in [1.82, 2.24) is 20.4 Å². The predicted molar refractivity (Wildman–Crippen MR) is 60.4 cm³/mol. The molecular weight excluding hydrogens is 236 g/mol. The van der Waals surface area contributed by atoms with E-state index >= 15 is 0 Å². The van der Waals surface area contributed by atoms with Gasteiger partial charge < -0.3 is 19.7 Å². The zero-order valence-corrected chi connectivity index (χ0v) is 10.2. The number of aliphatic hydroxyl groups excluding tert-OH is 1. The van der Waals surface area contributed by atoms with Gasteiger partial charge in [0.05, 0.1) is 6.10 Å². The van der Waals surface area contributed by atoms with Crippen LogP contribution in [0.25, 0.3) is 0 Å². The molecule has 0 radical (unpaired) electrons. The maximum atomic E-state index is 12.3. The van der Waals surface area contributed by atoms with Crippen LogP contribution in [-0.4, -0.2) is 50.8 Å². The number of carbonyl (C=O) groups excluding carboxylic acids is 1. The number of rotatable bonds is 3. The molecule has 1 spiro atoms. The maximum Gasteiger partial charge on any atom is 0.245 e. The van der Waals surface area contributed by atoms with E-state index in [-0.39, 0.29) is 11.8 Å². The molecule has 1 aromatic rings. The van der Waals surface area contributed by atoms with Crippen LogP contribution in [0.15, 0.2) is 10.8 Å². The Morgan fingerprint density at radius 2 is 2.50 bits per heavy atom. The van der Waals surface area contributed by atoms with Crippen molar-refractivity contribution in [2.75, 3.05) is 13.1 Å². The SMILES string of the molecule is C[C@@H](O)[C@@H](c1nnco1)N1CC2(CCCN2)C1=O. The van der Waals surface area contributed by atoms with Gasteiger partial charge >= 0.3 is 0 Å². The Kier molecular flexibility index (Phi) is 2.60. The van der Waals surface area contributed by atoms with Crippen LogP contribution in [0, 0.1) is 0 Å². The lowest BCUT2D eigenvalue weighted by Crippen LogP contribution is -2.72. The number of β-lactam (4-membered cyclic amide) rings is 1. The third kappa shape index (κ3) is 1.54. The maximum absolute atomic E-state index is 12.3. The molecule has 0 aliphatic carbocycles. The summed E-state index contributed by atoms with van der Waals surface area (Å²) in [6.45, 7) is 3.08. The van der Waals surface area contributed by atoms with E-state index in [0.717, 1.165) is 19.4 Å². The van der Waals surface area contributed by atoms with Gasteiger partial charge in [-0.3, -0.25) is 4.79 Å². The Morgan fingerprint density at radius 1 is 1.67 bits per heavy atom. The van der Waals surface area contributed by atoms with Crippen molar-refractivity contribution < 1.29 is 14.3 Å². The summed E-state index contributed by atoms with van der Waals surface area (Å²) in [6.07, 6.45) is 2.34. The van der Waals surface area contributed by atoms with E-state index in [1.807, 2.05) is 0 Å². The highest BCUT2D eigenvalue weighted by Crippen LogP contribution is 2.38. The van der Waals surface area contributed by atoms with Crippen LogP contribution in [0.1, 0.15) is 31.7 Å². The summed E-state index contributed by atoms with van der Waals surface area (Å²) in [5.41, 5.74) is -0.410. The smallest absolute Gasteiger partial charge is 0.245 e. The summed E-state index contributed by atoms with van der Waals surface area (Å²) >= 11 is 0. The van der Waals surface area contributed by atoms with Crippen LogP contribution in [0.5, 0.6) is 0 Å². The number of aromatic nitrogens is 2. The molecule has 0 aromatic carbocycles. The first-order valence-electron chi connectivity index (χ1n) is 6.14. The van der Waals surface area contributed by atoms with E-state index in [1.165, 1.54) is 6.39 Å². The molecule has 1 aromatic heterocycles. The molecule has 1 unspecified atom stereocenters. The second-order valence-electron chi connectivity index (χ2n) is 5.01. The molecule has 18 heavy (non-hydrogen) atoms. The van der Waals surface area contributed by atoms with E-state index in [2.05, 4.69) is 15.5 Å². The summed E-state index contributed by atoms with van der Waals surface area (Å²) < 4.78 is 5.12. The lowest BCUT2D eigenvalue weighted by Gasteiger charge is -2.50. The molecule has 2 aliphatic heterocycles. The van der Waals surface area contributed by atoms with Crippen molar-refractivity contribution in [1.29, 1.82) is 0 Å². The second-order valence-corrected chi connectivity index (χ2v) is 5.01. The lowest BCUT2D eigenvalue weighted by molar-refractivity contribution is -0.161. The monoisotopic (exact) mass is 252 g/mol. The second kappa shape index (κ2) is 4.03. The zero-order valence-electron chi connectivity index (χ0n) is 10.2. The van der Waals surface area contributed by atoms with Gasteiger partial charge in [0.15, 0.2) is 0 Å². The molecule has 1 amide bonds. The first kappa shape index (κ1) is 11.6. The Labute approximate surface area is 104 Å². The highest BCUT2D eigenvalue weighted by molar-refractivity contribution is 5.93. The van der Waals surface area contributed by atoms with Crippen molar-refractivity contribution >= 4 is 5.91 Å². The van der Waals surface area contributed by atoms with Crippen molar-refractivity contribution in [2.24, 2.45) is 0 Å². The summed E-state index contributed by atoms with van der Waals surface area (Å²) in [4.78, 5) is 13.9. The van der Waals surface area contributed by atoms with Crippen LogP contribution in [0.3, 0.4) is 0 Å². The average molecular weight is 252 g/mol. The molecule has 0 bridgehead atoms. The van der Waals surface area contributed by atoms with E-state index < -0.39 is 17.7 Å². The van der Waals surface area contributed by atoms with Crippen molar-refractivity contribution in [3.8, 4) is 0 Å². The fourth-order valence-corrected chi connectivity index (χ4v) is 2.87. The molecule has 3 atom stereocenters. The van der Waals surface area contributed by atoms with Crippen molar-refractivity contribution in [2.45, 2.75) is 37.5 Å². The molecule has 98 valence electrons. The largest absolute Gasteiger partial charge is 0.426 e. The molecule has 2 fully saturated rings. The van der Waals surface area contributed by atoms with Gasteiger partial charge in [0, 0.05) is 6.54 Å². The minimum Gasteiger partial charge on any atom is -0.426 e. The standard InChI is InChI=1S/C11H16N4O3/c1-7(16)8(9-14-13-6-18-9)15-5-11(10(15)17)3-2-4-12-11/h6-8,12,16H,2-5H2,1H3/t7-,8+,11?/m1/s1. The van der Waals surface area contributed by atoms with E-state index in [1.54, 1.807) is 11.8 Å². The van der Waals surface area contributed by atoms with Gasteiger partial charge in [-0.15, -0.1) is 10.2 Å². The third-order valence-corrected chi connectivity index (χ3v) is 3.78. The number of nitrogens with one attached hydrogen (secondary N) is 1. The number of likely N-dealkylation sites (tertiary alicyclic amines) is 1. The molecular formula is C11H16N4O3. The Morgan fingerprint density at radius 3 is 3.00 bits per heavy atom. The van der Waals surface area contributed by atoms with E-state index in [9.17, 15) is 9.90 Å². The van der Waals surface area contributed by atoms with E-state index in [4.69, 9.17) is 4.42 Å². The number of hydrogen-bond acceptors (Lipinski definition) is 6. The van der Waals surface area contributed by atoms with Gasteiger partial charge in [-0.05, 0) is 26.3 Å². The predicted octanol–water partition coefficient (Wildman–Crippen LogP) is -0.544. The van der Waals surface area contributed by atoms with Gasteiger partial charge in [0.2, 0.25) is 18.2 Å². The zero-order chi connectivity index (χ0) is 12.8. The van der Waals surface area contributed by atoms with Crippen LogP contribution < -0.4 is 5.32 Å².